The zero-order valence-electron chi connectivity index (χ0n) is 12.2. The maximum atomic E-state index is 12.4. The number of pyridine rings is 1. The van der Waals surface area contributed by atoms with Crippen LogP contribution >= 0.6 is 0 Å². The average molecular weight is 312 g/mol. The molecule has 1 aliphatic carbocycles. The van der Waals surface area contributed by atoms with Crippen molar-refractivity contribution < 1.29 is 17.9 Å². The van der Waals surface area contributed by atoms with Gasteiger partial charge >= 0.3 is 5.97 Å². The molecule has 21 heavy (non-hydrogen) atoms. The van der Waals surface area contributed by atoms with E-state index in [4.69, 9.17) is 4.74 Å². The van der Waals surface area contributed by atoms with Gasteiger partial charge in [-0.1, -0.05) is 6.42 Å². The molecule has 1 N–H and O–H groups in total. The van der Waals surface area contributed by atoms with Crippen molar-refractivity contribution in [3.05, 3.63) is 29.6 Å². The summed E-state index contributed by atoms with van der Waals surface area (Å²) in [6, 6.07) is 1.83. The number of ether oxygens (including phenoxy) is 1. The number of carbonyl (C=O) groups excluding carboxylic acids is 1. The van der Waals surface area contributed by atoms with E-state index in [1.807, 2.05) is 13.0 Å². The predicted molar refractivity (Wildman–Crippen MR) is 77.9 cm³/mol. The van der Waals surface area contributed by atoms with Crippen molar-refractivity contribution in [3.8, 4) is 0 Å². The van der Waals surface area contributed by atoms with Crippen LogP contribution in [-0.4, -0.2) is 31.7 Å². The van der Waals surface area contributed by atoms with E-state index >= 15 is 0 Å². The highest BCUT2D eigenvalue weighted by molar-refractivity contribution is 7.90. The molecule has 0 saturated heterocycles. The second-order valence-electron chi connectivity index (χ2n) is 5.27. The SMILES string of the molecule is COC(=O)C1CCCC1S(=O)(=O)NCc1cnccc1C. The second kappa shape index (κ2) is 6.53. The lowest BCUT2D eigenvalue weighted by molar-refractivity contribution is -0.145. The Bertz CT molecular complexity index is 615. The maximum absolute atomic E-state index is 12.4. The van der Waals surface area contributed by atoms with Crippen molar-refractivity contribution in [2.75, 3.05) is 7.11 Å². The maximum Gasteiger partial charge on any atom is 0.310 e. The molecule has 0 bridgehead atoms. The fourth-order valence-corrected chi connectivity index (χ4v) is 4.41. The van der Waals surface area contributed by atoms with Crippen LogP contribution in [0.25, 0.3) is 0 Å². The first-order valence-electron chi connectivity index (χ1n) is 6.91. The number of nitrogens with zero attached hydrogens (tertiary/aromatic N) is 1. The van der Waals surface area contributed by atoms with E-state index in [9.17, 15) is 13.2 Å². The molecule has 6 nitrogen and oxygen atoms in total. The molecule has 1 fully saturated rings. The first kappa shape index (κ1) is 15.9. The first-order valence-corrected chi connectivity index (χ1v) is 8.46. The Morgan fingerprint density at radius 1 is 1.48 bits per heavy atom. The van der Waals surface area contributed by atoms with Crippen LogP contribution in [0.5, 0.6) is 0 Å². The van der Waals surface area contributed by atoms with Crippen LogP contribution in [0.3, 0.4) is 0 Å². The monoisotopic (exact) mass is 312 g/mol. The van der Waals surface area contributed by atoms with E-state index in [0.717, 1.165) is 17.5 Å². The molecule has 1 heterocycles. The van der Waals surface area contributed by atoms with Gasteiger partial charge in [0, 0.05) is 18.9 Å². The number of esters is 1. The van der Waals surface area contributed by atoms with Crippen LogP contribution < -0.4 is 4.72 Å². The van der Waals surface area contributed by atoms with Crippen LogP contribution in [0, 0.1) is 12.8 Å². The van der Waals surface area contributed by atoms with E-state index in [1.54, 1.807) is 12.4 Å². The lowest BCUT2D eigenvalue weighted by Gasteiger charge is -2.18. The molecule has 0 spiro atoms. The van der Waals surface area contributed by atoms with Gasteiger partial charge in [-0.25, -0.2) is 13.1 Å². The van der Waals surface area contributed by atoms with Crippen molar-refractivity contribution in [3.63, 3.8) is 0 Å². The molecule has 1 aliphatic rings. The molecule has 1 aromatic heterocycles. The number of rotatable bonds is 5. The standard InChI is InChI=1S/C14H20N2O4S/c1-10-6-7-15-8-11(10)9-16-21(18,19)13-5-3-4-12(13)14(17)20-2/h6-8,12-13,16H,3-5,9H2,1-2H3. The van der Waals surface area contributed by atoms with E-state index in [1.165, 1.54) is 7.11 Å². The van der Waals surface area contributed by atoms with Crippen LogP contribution in [-0.2, 0) is 26.1 Å². The zero-order valence-corrected chi connectivity index (χ0v) is 13.0. The van der Waals surface area contributed by atoms with E-state index in [-0.39, 0.29) is 6.54 Å². The van der Waals surface area contributed by atoms with Crippen LogP contribution in [0.1, 0.15) is 30.4 Å². The minimum absolute atomic E-state index is 0.187. The molecule has 2 rings (SSSR count). The molecule has 0 radical (unpaired) electrons. The Kier molecular flexibility index (Phi) is 4.95. The molecular formula is C14H20N2O4S. The third-order valence-electron chi connectivity index (χ3n) is 3.97. The van der Waals surface area contributed by atoms with E-state index < -0.39 is 27.2 Å². The third-order valence-corrected chi connectivity index (χ3v) is 5.87. The Balaban J connectivity index is 2.08. The fraction of sp³-hybridized carbons (Fsp3) is 0.571. The van der Waals surface area contributed by atoms with Crippen molar-refractivity contribution in [2.24, 2.45) is 5.92 Å². The van der Waals surface area contributed by atoms with Crippen molar-refractivity contribution in [2.45, 2.75) is 38.0 Å². The Morgan fingerprint density at radius 2 is 2.24 bits per heavy atom. The van der Waals surface area contributed by atoms with Gasteiger partial charge in [-0.15, -0.1) is 0 Å². The molecule has 0 aliphatic heterocycles. The Labute approximate surface area is 125 Å². The Hall–Kier alpha value is -1.47. The molecule has 116 valence electrons. The summed E-state index contributed by atoms with van der Waals surface area (Å²) in [5.74, 6) is -1.01. The van der Waals surface area contributed by atoms with Gasteiger partial charge in [0.15, 0.2) is 0 Å². The van der Waals surface area contributed by atoms with Gasteiger partial charge in [0.05, 0.1) is 18.3 Å². The molecule has 2 atom stereocenters. The molecule has 1 saturated carbocycles. The molecule has 0 amide bonds. The number of nitrogens with one attached hydrogen (secondary N) is 1. The highest BCUT2D eigenvalue weighted by atomic mass is 32.2. The number of sulfonamides is 1. The first-order chi connectivity index (χ1) is 9.95. The molecular weight excluding hydrogens is 292 g/mol. The van der Waals surface area contributed by atoms with Crippen molar-refractivity contribution in [1.29, 1.82) is 0 Å². The number of aryl methyl sites for hydroxylation is 1. The van der Waals surface area contributed by atoms with Gasteiger partial charge < -0.3 is 4.74 Å². The van der Waals surface area contributed by atoms with Gasteiger partial charge in [0.1, 0.15) is 0 Å². The number of hydrogen-bond acceptors (Lipinski definition) is 5. The highest BCUT2D eigenvalue weighted by Gasteiger charge is 2.42. The lowest BCUT2D eigenvalue weighted by atomic mass is 10.1. The summed E-state index contributed by atoms with van der Waals surface area (Å²) in [5, 5.41) is -0.707. The molecule has 7 heteroatoms. The molecule has 0 aromatic carbocycles. The number of methoxy groups -OCH3 is 1. The summed E-state index contributed by atoms with van der Waals surface area (Å²) in [6.07, 6.45) is 5.07. The third kappa shape index (κ3) is 3.59. The lowest BCUT2D eigenvalue weighted by Crippen LogP contribution is -2.39. The van der Waals surface area contributed by atoms with Gasteiger partial charge in [0.25, 0.3) is 0 Å². The van der Waals surface area contributed by atoms with Crippen LogP contribution in [0.15, 0.2) is 18.5 Å². The smallest absolute Gasteiger partial charge is 0.310 e. The fourth-order valence-electron chi connectivity index (χ4n) is 2.69. The van der Waals surface area contributed by atoms with E-state index in [2.05, 4.69) is 9.71 Å². The van der Waals surface area contributed by atoms with E-state index in [0.29, 0.717) is 12.8 Å². The number of aromatic nitrogens is 1. The minimum Gasteiger partial charge on any atom is -0.469 e. The van der Waals surface area contributed by atoms with Gasteiger partial charge in [-0.05, 0) is 37.0 Å². The summed E-state index contributed by atoms with van der Waals surface area (Å²) in [4.78, 5) is 15.7. The summed E-state index contributed by atoms with van der Waals surface area (Å²) >= 11 is 0. The van der Waals surface area contributed by atoms with Gasteiger partial charge in [-0.3, -0.25) is 9.78 Å². The topological polar surface area (TPSA) is 85.4 Å². The number of hydrogen-bond donors (Lipinski definition) is 1. The van der Waals surface area contributed by atoms with Crippen LogP contribution in [0.2, 0.25) is 0 Å². The Morgan fingerprint density at radius 3 is 2.90 bits per heavy atom. The van der Waals surface area contributed by atoms with Crippen molar-refractivity contribution in [1.82, 2.24) is 9.71 Å². The molecule has 2 unspecified atom stereocenters. The minimum atomic E-state index is -3.56. The quantitative estimate of drug-likeness (QED) is 0.824. The summed E-state index contributed by atoms with van der Waals surface area (Å²) in [6.45, 7) is 2.09. The normalized spacial score (nSPS) is 22.2. The summed E-state index contributed by atoms with van der Waals surface area (Å²) < 4.78 is 32.1. The van der Waals surface area contributed by atoms with Crippen molar-refractivity contribution >= 4 is 16.0 Å². The van der Waals surface area contributed by atoms with Crippen LogP contribution in [0.4, 0.5) is 0 Å². The summed E-state index contributed by atoms with van der Waals surface area (Å²) in [7, 11) is -2.27. The second-order valence-corrected chi connectivity index (χ2v) is 7.25. The summed E-state index contributed by atoms with van der Waals surface area (Å²) in [5.41, 5.74) is 1.80. The largest absolute Gasteiger partial charge is 0.469 e. The predicted octanol–water partition coefficient (Wildman–Crippen LogP) is 1.15. The van der Waals surface area contributed by atoms with Gasteiger partial charge in [-0.2, -0.15) is 0 Å². The number of carbonyl (C=O) groups is 1. The zero-order chi connectivity index (χ0) is 15.5. The average Bonchev–Trinajstić information content (AvgIpc) is 2.96. The highest BCUT2D eigenvalue weighted by Crippen LogP contribution is 2.31. The molecule has 1 aromatic rings. The van der Waals surface area contributed by atoms with Gasteiger partial charge in [0.2, 0.25) is 10.0 Å².